The molecule has 3 nitrogen and oxygen atoms in total. The molecule has 2 N–H and O–H groups in total. The molecule has 0 aromatic heterocycles. The number of primary amides is 1. The molecule has 46 valence electrons. The molecular formula is C4H7NO2S. The van der Waals surface area contributed by atoms with Crippen LogP contribution in [0.1, 0.15) is 6.42 Å². The van der Waals surface area contributed by atoms with Crippen LogP contribution >= 0.6 is 12.6 Å². The summed E-state index contributed by atoms with van der Waals surface area (Å²) in [4.78, 5) is 19.7. The van der Waals surface area contributed by atoms with Crippen LogP contribution in [0, 0.1) is 0 Å². The minimum atomic E-state index is -0.618. The van der Waals surface area contributed by atoms with Crippen LogP contribution in [-0.2, 0) is 9.59 Å². The first-order chi connectivity index (χ1) is 3.68. The number of rotatable bonds is 3. The molecule has 4 heteroatoms. The third-order valence-corrected chi connectivity index (χ3v) is 1.11. The van der Waals surface area contributed by atoms with Crippen molar-refractivity contribution in [3.63, 3.8) is 0 Å². The molecule has 0 aliphatic heterocycles. The van der Waals surface area contributed by atoms with Crippen molar-refractivity contribution in [2.75, 3.05) is 0 Å². The van der Waals surface area contributed by atoms with Crippen molar-refractivity contribution in [3.8, 4) is 0 Å². The molecule has 1 unspecified atom stereocenters. The minimum Gasteiger partial charge on any atom is -0.369 e. The SMILES string of the molecule is NC(=O)C(S)CC=O. The number of nitrogens with two attached hydrogens (primary N) is 1. The van der Waals surface area contributed by atoms with E-state index in [2.05, 4.69) is 12.6 Å². The van der Waals surface area contributed by atoms with Gasteiger partial charge >= 0.3 is 0 Å². The summed E-state index contributed by atoms with van der Waals surface area (Å²) < 4.78 is 0. The highest BCUT2D eigenvalue weighted by molar-refractivity contribution is 7.81. The van der Waals surface area contributed by atoms with Gasteiger partial charge in [-0.05, 0) is 0 Å². The van der Waals surface area contributed by atoms with Gasteiger partial charge in [0, 0.05) is 6.42 Å². The summed E-state index contributed by atoms with van der Waals surface area (Å²) in [6, 6.07) is 0. The van der Waals surface area contributed by atoms with Crippen LogP contribution < -0.4 is 5.73 Å². The monoisotopic (exact) mass is 133 g/mol. The predicted octanol–water partition coefficient (Wildman–Crippen LogP) is -0.641. The van der Waals surface area contributed by atoms with E-state index in [1.807, 2.05) is 0 Å². The van der Waals surface area contributed by atoms with Gasteiger partial charge in [0.2, 0.25) is 5.91 Å². The normalized spacial score (nSPS) is 12.6. The number of aldehydes is 1. The van der Waals surface area contributed by atoms with E-state index in [9.17, 15) is 9.59 Å². The lowest BCUT2D eigenvalue weighted by Crippen LogP contribution is -2.23. The van der Waals surface area contributed by atoms with Gasteiger partial charge in [0.25, 0.3) is 0 Å². The van der Waals surface area contributed by atoms with Gasteiger partial charge in [0.1, 0.15) is 6.29 Å². The van der Waals surface area contributed by atoms with Crippen molar-refractivity contribution in [1.82, 2.24) is 0 Å². The highest BCUT2D eigenvalue weighted by atomic mass is 32.1. The van der Waals surface area contributed by atoms with Gasteiger partial charge in [-0.15, -0.1) is 0 Å². The number of carbonyl (C=O) groups excluding carboxylic acids is 2. The zero-order chi connectivity index (χ0) is 6.57. The van der Waals surface area contributed by atoms with Gasteiger partial charge in [-0.1, -0.05) is 0 Å². The molecule has 0 bridgehead atoms. The van der Waals surface area contributed by atoms with Crippen molar-refractivity contribution < 1.29 is 9.59 Å². The fourth-order valence-electron chi connectivity index (χ4n) is 0.207. The van der Waals surface area contributed by atoms with Crippen molar-refractivity contribution in [2.45, 2.75) is 11.7 Å². The molecule has 0 aromatic rings. The zero-order valence-corrected chi connectivity index (χ0v) is 5.10. The van der Waals surface area contributed by atoms with Crippen molar-refractivity contribution >= 4 is 24.8 Å². The van der Waals surface area contributed by atoms with Gasteiger partial charge in [-0.3, -0.25) is 4.79 Å². The van der Waals surface area contributed by atoms with Gasteiger partial charge in [0.15, 0.2) is 0 Å². The molecule has 0 saturated heterocycles. The van der Waals surface area contributed by atoms with Crippen LogP contribution in [0.5, 0.6) is 0 Å². The summed E-state index contributed by atoms with van der Waals surface area (Å²) in [6.07, 6.45) is 0.709. The third-order valence-electron chi connectivity index (χ3n) is 0.648. The number of thiol groups is 1. The van der Waals surface area contributed by atoms with E-state index in [1.54, 1.807) is 0 Å². The first kappa shape index (κ1) is 7.49. The summed E-state index contributed by atoms with van der Waals surface area (Å²) in [5, 5.41) is -0.618. The van der Waals surface area contributed by atoms with Crippen LogP contribution in [0.4, 0.5) is 0 Å². The summed E-state index contributed by atoms with van der Waals surface area (Å²) >= 11 is 3.70. The molecule has 0 aliphatic rings. The van der Waals surface area contributed by atoms with E-state index in [0.717, 1.165) is 0 Å². The maximum atomic E-state index is 10.1. The van der Waals surface area contributed by atoms with E-state index in [1.165, 1.54) is 0 Å². The lowest BCUT2D eigenvalue weighted by Gasteiger charge is -1.96. The largest absolute Gasteiger partial charge is 0.369 e. The predicted molar refractivity (Wildman–Crippen MR) is 32.6 cm³/mol. The molecule has 0 saturated carbocycles. The molecule has 1 atom stereocenters. The Kier molecular flexibility index (Phi) is 3.26. The van der Waals surface area contributed by atoms with Crippen LogP contribution in [0.3, 0.4) is 0 Å². The van der Waals surface area contributed by atoms with Gasteiger partial charge in [0.05, 0.1) is 5.25 Å². The lowest BCUT2D eigenvalue weighted by molar-refractivity contribution is -0.119. The van der Waals surface area contributed by atoms with Crippen molar-refractivity contribution in [3.05, 3.63) is 0 Å². The summed E-state index contributed by atoms with van der Waals surface area (Å²) in [5.41, 5.74) is 4.75. The highest BCUT2D eigenvalue weighted by Crippen LogP contribution is 1.95. The van der Waals surface area contributed by atoms with E-state index in [-0.39, 0.29) is 6.42 Å². The van der Waals surface area contributed by atoms with Gasteiger partial charge in [-0.2, -0.15) is 12.6 Å². The second kappa shape index (κ2) is 3.49. The second-order valence-electron chi connectivity index (χ2n) is 1.32. The molecule has 0 fully saturated rings. The van der Waals surface area contributed by atoms with E-state index < -0.39 is 11.2 Å². The second-order valence-corrected chi connectivity index (χ2v) is 1.94. The van der Waals surface area contributed by atoms with Gasteiger partial charge in [-0.25, -0.2) is 0 Å². The third kappa shape index (κ3) is 2.63. The Morgan fingerprint density at radius 1 is 1.88 bits per heavy atom. The fraction of sp³-hybridized carbons (Fsp3) is 0.500. The number of hydrogen-bond donors (Lipinski definition) is 2. The molecule has 0 aromatic carbocycles. The standard InChI is InChI=1S/C4H7NO2S/c5-4(7)3(8)1-2-6/h2-3,8H,1H2,(H2,5,7). The molecule has 1 amide bonds. The lowest BCUT2D eigenvalue weighted by atomic mass is 10.3. The minimum absolute atomic E-state index is 0.0957. The molecule has 0 spiro atoms. The Hall–Kier alpha value is -0.510. The first-order valence-corrected chi connectivity index (χ1v) is 2.61. The Morgan fingerprint density at radius 2 is 2.38 bits per heavy atom. The molecule has 0 heterocycles. The molecule has 0 rings (SSSR count). The average Bonchev–Trinajstić information content (AvgIpc) is 1.67. The number of carbonyl (C=O) groups is 2. The van der Waals surface area contributed by atoms with Crippen LogP contribution in [0.2, 0.25) is 0 Å². The quantitative estimate of drug-likeness (QED) is 0.397. The smallest absolute Gasteiger partial charge is 0.230 e. The van der Waals surface area contributed by atoms with E-state index in [4.69, 9.17) is 5.73 Å². The van der Waals surface area contributed by atoms with Crippen LogP contribution in [0.25, 0.3) is 0 Å². The summed E-state index contributed by atoms with van der Waals surface area (Å²) in [7, 11) is 0. The Labute approximate surface area is 52.7 Å². The Balaban J connectivity index is 3.46. The van der Waals surface area contributed by atoms with Crippen molar-refractivity contribution in [1.29, 1.82) is 0 Å². The summed E-state index contributed by atoms with van der Waals surface area (Å²) in [5.74, 6) is -0.555. The first-order valence-electron chi connectivity index (χ1n) is 2.09. The maximum Gasteiger partial charge on any atom is 0.230 e. The van der Waals surface area contributed by atoms with Gasteiger partial charge < -0.3 is 10.5 Å². The average molecular weight is 133 g/mol. The summed E-state index contributed by atoms with van der Waals surface area (Å²) in [6.45, 7) is 0. The number of amides is 1. The van der Waals surface area contributed by atoms with Crippen LogP contribution in [-0.4, -0.2) is 17.4 Å². The van der Waals surface area contributed by atoms with Crippen molar-refractivity contribution in [2.24, 2.45) is 5.73 Å². The highest BCUT2D eigenvalue weighted by Gasteiger charge is 2.06. The van der Waals surface area contributed by atoms with Crippen LogP contribution in [0.15, 0.2) is 0 Å². The molecule has 8 heavy (non-hydrogen) atoms. The molecule has 0 radical (unpaired) electrons. The topological polar surface area (TPSA) is 60.2 Å². The molecular weight excluding hydrogens is 126 g/mol. The zero-order valence-electron chi connectivity index (χ0n) is 4.20. The Bertz CT molecular complexity index is 104. The van der Waals surface area contributed by atoms with E-state index in [0.29, 0.717) is 6.29 Å². The maximum absolute atomic E-state index is 10.1. The fourth-order valence-corrected chi connectivity index (χ4v) is 0.293. The van der Waals surface area contributed by atoms with E-state index >= 15 is 0 Å². The number of hydrogen-bond acceptors (Lipinski definition) is 3. The molecule has 0 aliphatic carbocycles. The Morgan fingerprint density at radius 3 is 2.50 bits per heavy atom.